The number of fused-ring (bicyclic) bond motifs is 1. The summed E-state index contributed by atoms with van der Waals surface area (Å²) in [4.78, 5) is 29.0. The van der Waals surface area contributed by atoms with Crippen LogP contribution >= 0.6 is 0 Å². The normalized spacial score (nSPS) is 11.1. The number of carbonyl (C=O) groups is 2. The molecule has 9 nitrogen and oxygen atoms in total. The van der Waals surface area contributed by atoms with Crippen LogP contribution in [0.25, 0.3) is 10.9 Å². The number of amides is 2. The molecule has 1 aromatic carbocycles. The largest absolute Gasteiger partial charge is 0.366 e. The van der Waals surface area contributed by atoms with Crippen molar-refractivity contribution in [3.63, 3.8) is 0 Å². The maximum absolute atomic E-state index is 13.7. The molecule has 0 fully saturated rings. The molecule has 3 heterocycles. The van der Waals surface area contributed by atoms with E-state index in [0.717, 1.165) is 18.2 Å². The van der Waals surface area contributed by atoms with Crippen molar-refractivity contribution in [1.82, 2.24) is 19.9 Å². The Morgan fingerprint density at radius 3 is 2.69 bits per heavy atom. The molecule has 0 radical (unpaired) electrons. The average molecular weight is 436 g/mol. The number of pyridine rings is 1. The summed E-state index contributed by atoms with van der Waals surface area (Å²) in [5.41, 5.74) is 8.28. The van der Waals surface area contributed by atoms with E-state index in [2.05, 4.69) is 20.6 Å². The Morgan fingerprint density at radius 1 is 1.22 bits per heavy atom. The minimum Gasteiger partial charge on any atom is -0.366 e. The molecule has 32 heavy (non-hydrogen) atoms. The van der Waals surface area contributed by atoms with Gasteiger partial charge in [0.25, 0.3) is 5.91 Å². The lowest BCUT2D eigenvalue weighted by molar-refractivity contribution is 0.100. The van der Waals surface area contributed by atoms with E-state index in [0.29, 0.717) is 34.8 Å². The van der Waals surface area contributed by atoms with Gasteiger partial charge in [-0.2, -0.15) is 5.10 Å². The Kier molecular flexibility index (Phi) is 5.43. The standard InChI is InChI=1S/C22H21FN6O3/c1-4-14-8-15(32-28-14)10-29-12(3)20(11(2)27-29)26-22(31)19-9-17(21(24)30)16-6-5-13(23)7-18(16)25-19/h5-9H,4,10H2,1-3H3,(H2,24,30)(H,26,31). The predicted molar refractivity (Wildman–Crippen MR) is 115 cm³/mol. The zero-order valence-corrected chi connectivity index (χ0v) is 17.8. The minimum atomic E-state index is -0.739. The molecule has 0 aliphatic rings. The van der Waals surface area contributed by atoms with Crippen molar-refractivity contribution < 1.29 is 18.5 Å². The molecule has 0 bridgehead atoms. The Morgan fingerprint density at radius 2 is 2.00 bits per heavy atom. The number of aromatic nitrogens is 4. The second-order valence-corrected chi connectivity index (χ2v) is 7.38. The predicted octanol–water partition coefficient (Wildman–Crippen LogP) is 3.14. The van der Waals surface area contributed by atoms with Gasteiger partial charge in [-0.15, -0.1) is 0 Å². The second kappa shape index (κ2) is 8.22. The van der Waals surface area contributed by atoms with Crippen LogP contribution in [-0.2, 0) is 13.0 Å². The first-order valence-corrected chi connectivity index (χ1v) is 9.96. The van der Waals surface area contributed by atoms with Crippen molar-refractivity contribution in [2.75, 3.05) is 5.32 Å². The molecular formula is C22H21FN6O3. The minimum absolute atomic E-state index is 0.0636. The zero-order chi connectivity index (χ0) is 23.0. The van der Waals surface area contributed by atoms with Gasteiger partial charge >= 0.3 is 0 Å². The number of primary amides is 1. The number of carbonyl (C=O) groups excluding carboxylic acids is 2. The number of rotatable bonds is 6. The van der Waals surface area contributed by atoms with Crippen LogP contribution in [0, 0.1) is 19.7 Å². The lowest BCUT2D eigenvalue weighted by Crippen LogP contribution is -2.18. The molecule has 0 saturated heterocycles. The fourth-order valence-electron chi connectivity index (χ4n) is 3.48. The summed E-state index contributed by atoms with van der Waals surface area (Å²) < 4.78 is 20.7. The van der Waals surface area contributed by atoms with Gasteiger partial charge in [0.2, 0.25) is 5.91 Å². The van der Waals surface area contributed by atoms with Gasteiger partial charge in [0, 0.05) is 17.5 Å². The highest BCUT2D eigenvalue weighted by Gasteiger charge is 2.20. The summed E-state index contributed by atoms with van der Waals surface area (Å²) in [7, 11) is 0. The van der Waals surface area contributed by atoms with Gasteiger partial charge in [-0.3, -0.25) is 14.3 Å². The summed E-state index contributed by atoms with van der Waals surface area (Å²) in [5, 5.41) is 11.6. The first-order chi connectivity index (χ1) is 15.3. The molecule has 0 unspecified atom stereocenters. The van der Waals surface area contributed by atoms with Crippen molar-refractivity contribution in [2.45, 2.75) is 33.7 Å². The van der Waals surface area contributed by atoms with Crippen molar-refractivity contribution in [3.05, 3.63) is 70.2 Å². The molecule has 0 spiro atoms. The molecule has 3 N–H and O–H groups in total. The van der Waals surface area contributed by atoms with Crippen LogP contribution in [0.15, 0.2) is 34.9 Å². The summed E-state index contributed by atoms with van der Waals surface area (Å²) in [5.74, 6) is -1.20. The number of aryl methyl sites for hydroxylation is 2. The van der Waals surface area contributed by atoms with Gasteiger partial charge in [0.15, 0.2) is 5.76 Å². The van der Waals surface area contributed by atoms with Gasteiger partial charge in [-0.05, 0) is 38.5 Å². The Hall–Kier alpha value is -4.08. The third-order valence-corrected chi connectivity index (χ3v) is 5.17. The van der Waals surface area contributed by atoms with Crippen LogP contribution in [0.1, 0.15) is 50.6 Å². The number of nitrogens with two attached hydrogens (primary N) is 1. The van der Waals surface area contributed by atoms with Crippen molar-refractivity contribution in [1.29, 1.82) is 0 Å². The number of benzene rings is 1. The SMILES string of the molecule is CCc1cc(Cn2nc(C)c(NC(=O)c3cc(C(N)=O)c4ccc(F)cc4n3)c2C)on1. The van der Waals surface area contributed by atoms with Crippen LogP contribution in [-0.4, -0.2) is 31.7 Å². The maximum Gasteiger partial charge on any atom is 0.274 e. The number of halogens is 1. The molecule has 10 heteroatoms. The number of nitrogens with zero attached hydrogens (tertiary/aromatic N) is 4. The van der Waals surface area contributed by atoms with Crippen LogP contribution in [0.3, 0.4) is 0 Å². The quantitative estimate of drug-likeness (QED) is 0.478. The topological polar surface area (TPSA) is 129 Å². The van der Waals surface area contributed by atoms with E-state index in [1.54, 1.807) is 11.6 Å². The van der Waals surface area contributed by atoms with Crippen LogP contribution < -0.4 is 11.1 Å². The fraction of sp³-hybridized carbons (Fsp3) is 0.227. The van der Waals surface area contributed by atoms with E-state index in [1.807, 2.05) is 19.9 Å². The molecule has 3 aromatic heterocycles. The Balaban J connectivity index is 1.65. The zero-order valence-electron chi connectivity index (χ0n) is 17.8. The molecule has 4 rings (SSSR count). The van der Waals surface area contributed by atoms with Gasteiger partial charge in [-0.1, -0.05) is 12.1 Å². The summed E-state index contributed by atoms with van der Waals surface area (Å²) in [6, 6.07) is 6.92. The van der Waals surface area contributed by atoms with E-state index in [4.69, 9.17) is 10.3 Å². The maximum atomic E-state index is 13.7. The van der Waals surface area contributed by atoms with Crippen molar-refractivity contribution in [2.24, 2.45) is 5.73 Å². The van der Waals surface area contributed by atoms with Gasteiger partial charge in [-0.25, -0.2) is 9.37 Å². The molecule has 0 aliphatic carbocycles. The number of hydrogen-bond acceptors (Lipinski definition) is 6. The summed E-state index contributed by atoms with van der Waals surface area (Å²) in [6.07, 6.45) is 0.762. The molecular weight excluding hydrogens is 415 g/mol. The van der Waals surface area contributed by atoms with Crippen molar-refractivity contribution in [3.8, 4) is 0 Å². The Bertz CT molecular complexity index is 1360. The highest BCUT2D eigenvalue weighted by Crippen LogP contribution is 2.23. The number of hydrogen-bond donors (Lipinski definition) is 2. The van der Waals surface area contributed by atoms with Gasteiger partial charge in [0.05, 0.1) is 33.8 Å². The molecule has 4 aromatic rings. The third-order valence-electron chi connectivity index (χ3n) is 5.17. The summed E-state index contributed by atoms with van der Waals surface area (Å²) in [6.45, 7) is 5.91. The number of anilines is 1. The van der Waals surface area contributed by atoms with Crippen molar-refractivity contribution >= 4 is 28.4 Å². The van der Waals surface area contributed by atoms with E-state index < -0.39 is 17.6 Å². The van der Waals surface area contributed by atoms with Crippen LogP contribution in [0.4, 0.5) is 10.1 Å². The average Bonchev–Trinajstić information content (AvgIpc) is 3.32. The third kappa shape index (κ3) is 3.94. The smallest absolute Gasteiger partial charge is 0.274 e. The molecule has 0 atom stereocenters. The highest BCUT2D eigenvalue weighted by atomic mass is 19.1. The highest BCUT2D eigenvalue weighted by molar-refractivity contribution is 6.10. The van der Waals surface area contributed by atoms with Gasteiger partial charge < -0.3 is 15.6 Å². The molecule has 164 valence electrons. The monoisotopic (exact) mass is 436 g/mol. The summed E-state index contributed by atoms with van der Waals surface area (Å²) >= 11 is 0. The lowest BCUT2D eigenvalue weighted by Gasteiger charge is -2.09. The van der Waals surface area contributed by atoms with E-state index in [1.165, 1.54) is 18.2 Å². The Labute approximate surface area is 182 Å². The first kappa shape index (κ1) is 21.2. The van der Waals surface area contributed by atoms with E-state index in [9.17, 15) is 14.0 Å². The second-order valence-electron chi connectivity index (χ2n) is 7.38. The molecule has 0 aliphatic heterocycles. The molecule has 2 amide bonds. The van der Waals surface area contributed by atoms with Crippen LogP contribution in [0.5, 0.6) is 0 Å². The van der Waals surface area contributed by atoms with Gasteiger partial charge in [0.1, 0.15) is 18.1 Å². The van der Waals surface area contributed by atoms with Crippen LogP contribution in [0.2, 0.25) is 0 Å². The molecule has 0 saturated carbocycles. The lowest BCUT2D eigenvalue weighted by atomic mass is 10.1. The van der Waals surface area contributed by atoms with E-state index in [-0.39, 0.29) is 16.8 Å². The number of nitrogens with one attached hydrogen (secondary N) is 1. The fourth-order valence-corrected chi connectivity index (χ4v) is 3.48. The van der Waals surface area contributed by atoms with E-state index >= 15 is 0 Å². The first-order valence-electron chi connectivity index (χ1n) is 9.96.